The highest BCUT2D eigenvalue weighted by atomic mass is 32.2. The van der Waals surface area contributed by atoms with Crippen LogP contribution < -0.4 is 10.5 Å². The highest BCUT2D eigenvalue weighted by Crippen LogP contribution is 2.18. The molecule has 0 aliphatic heterocycles. The minimum atomic E-state index is -3.85. The van der Waals surface area contributed by atoms with Gasteiger partial charge in [0.25, 0.3) is 0 Å². The van der Waals surface area contributed by atoms with Crippen LogP contribution in [0, 0.1) is 0 Å². The number of benzene rings is 1. The third kappa shape index (κ3) is 5.33. The number of aromatic carboxylic acids is 1. The van der Waals surface area contributed by atoms with Crippen molar-refractivity contribution in [1.29, 1.82) is 0 Å². The normalized spacial score (nSPS) is 11.8. The van der Waals surface area contributed by atoms with E-state index in [1.54, 1.807) is 0 Å². The van der Waals surface area contributed by atoms with Gasteiger partial charge >= 0.3 is 5.97 Å². The summed E-state index contributed by atoms with van der Waals surface area (Å²) in [6.07, 6.45) is 1.53. The van der Waals surface area contributed by atoms with Crippen LogP contribution in [-0.2, 0) is 10.0 Å². The van der Waals surface area contributed by atoms with Gasteiger partial charge < -0.3 is 15.7 Å². The number of rotatable bonds is 8. The number of carboxylic acids is 1. The van der Waals surface area contributed by atoms with Crippen LogP contribution in [0.5, 0.6) is 0 Å². The maximum Gasteiger partial charge on any atom is 0.337 e. The minimum Gasteiger partial charge on any atom is -0.478 e. The maximum absolute atomic E-state index is 12.1. The van der Waals surface area contributed by atoms with Crippen molar-refractivity contribution in [3.63, 3.8) is 0 Å². The van der Waals surface area contributed by atoms with Gasteiger partial charge in [0, 0.05) is 12.2 Å². The second-order valence-corrected chi connectivity index (χ2v) is 6.70. The molecule has 0 atom stereocenters. The van der Waals surface area contributed by atoms with Gasteiger partial charge in [-0.1, -0.05) is 0 Å². The summed E-state index contributed by atoms with van der Waals surface area (Å²) >= 11 is 0. The zero-order chi connectivity index (χ0) is 16.0. The van der Waals surface area contributed by atoms with E-state index in [1.807, 2.05) is 19.0 Å². The quantitative estimate of drug-likeness (QED) is 0.478. The summed E-state index contributed by atoms with van der Waals surface area (Å²) in [4.78, 5) is 12.9. The predicted molar refractivity (Wildman–Crippen MR) is 80.8 cm³/mol. The monoisotopic (exact) mass is 315 g/mol. The predicted octanol–water partition coefficient (Wildman–Crippen LogP) is 0.587. The molecule has 0 saturated heterocycles. The van der Waals surface area contributed by atoms with E-state index in [9.17, 15) is 13.2 Å². The fourth-order valence-corrected chi connectivity index (χ4v) is 3.04. The third-order valence-electron chi connectivity index (χ3n) is 2.85. The molecule has 0 aliphatic carbocycles. The topological polar surface area (TPSA) is 113 Å². The fraction of sp³-hybridized carbons (Fsp3) is 0.462. The molecule has 0 unspecified atom stereocenters. The molecule has 118 valence electrons. The van der Waals surface area contributed by atoms with Crippen molar-refractivity contribution < 1.29 is 18.3 Å². The van der Waals surface area contributed by atoms with E-state index in [0.717, 1.165) is 19.0 Å². The first-order valence-corrected chi connectivity index (χ1v) is 7.99. The first-order valence-electron chi connectivity index (χ1n) is 6.51. The molecule has 0 aliphatic rings. The summed E-state index contributed by atoms with van der Waals surface area (Å²) in [5, 5.41) is 9.07. The number of hydrogen-bond acceptors (Lipinski definition) is 5. The lowest BCUT2D eigenvalue weighted by atomic mass is 10.2. The van der Waals surface area contributed by atoms with Crippen LogP contribution in [0.2, 0.25) is 0 Å². The van der Waals surface area contributed by atoms with Crippen LogP contribution in [0.1, 0.15) is 23.2 Å². The molecule has 0 aromatic heterocycles. The highest BCUT2D eigenvalue weighted by Gasteiger charge is 2.21. The molecule has 1 aromatic carbocycles. The summed E-state index contributed by atoms with van der Waals surface area (Å²) in [6.45, 7) is 1.13. The Morgan fingerprint density at radius 2 is 2.00 bits per heavy atom. The number of carboxylic acid groups (broad SMARTS) is 1. The van der Waals surface area contributed by atoms with Crippen LogP contribution in [-0.4, -0.2) is 51.6 Å². The number of nitrogen functional groups attached to an aromatic ring is 1. The number of nitrogens with two attached hydrogens (primary N) is 1. The molecule has 4 N–H and O–H groups in total. The van der Waals surface area contributed by atoms with Gasteiger partial charge in [0.1, 0.15) is 0 Å². The maximum atomic E-state index is 12.1. The molecule has 0 fully saturated rings. The van der Waals surface area contributed by atoms with E-state index in [4.69, 9.17) is 10.8 Å². The van der Waals surface area contributed by atoms with E-state index in [2.05, 4.69) is 4.72 Å². The van der Waals surface area contributed by atoms with E-state index < -0.39 is 16.0 Å². The van der Waals surface area contributed by atoms with Gasteiger partial charge in [0.15, 0.2) is 0 Å². The Morgan fingerprint density at radius 1 is 1.33 bits per heavy atom. The SMILES string of the molecule is CN(C)CCCCNS(=O)(=O)c1ccc(N)cc1C(=O)O. The van der Waals surface area contributed by atoms with Crippen molar-refractivity contribution in [1.82, 2.24) is 9.62 Å². The molecule has 0 saturated carbocycles. The Morgan fingerprint density at radius 3 is 2.57 bits per heavy atom. The number of anilines is 1. The van der Waals surface area contributed by atoms with Gasteiger partial charge in [-0.05, 0) is 51.7 Å². The average Bonchev–Trinajstić information content (AvgIpc) is 2.37. The molecular weight excluding hydrogens is 294 g/mol. The fourth-order valence-electron chi connectivity index (χ4n) is 1.79. The molecule has 0 amide bonds. The van der Waals surface area contributed by atoms with Crippen LogP contribution >= 0.6 is 0 Å². The summed E-state index contributed by atoms with van der Waals surface area (Å²) in [7, 11) is 0.0309. The van der Waals surface area contributed by atoms with Gasteiger partial charge in [0.2, 0.25) is 10.0 Å². The zero-order valence-electron chi connectivity index (χ0n) is 12.2. The number of hydrogen-bond donors (Lipinski definition) is 3. The Bertz CT molecular complexity index is 599. The first kappa shape index (κ1) is 17.4. The lowest BCUT2D eigenvalue weighted by Gasteiger charge is -2.11. The number of nitrogens with one attached hydrogen (secondary N) is 1. The molecule has 8 heteroatoms. The standard InChI is InChI=1S/C13H21N3O4S/c1-16(2)8-4-3-7-15-21(19,20)12-6-5-10(14)9-11(12)13(17)18/h5-6,9,15H,3-4,7-8,14H2,1-2H3,(H,17,18). The Kier molecular flexibility index (Phi) is 6.13. The number of carbonyl (C=O) groups is 1. The largest absolute Gasteiger partial charge is 0.478 e. The first-order chi connectivity index (χ1) is 9.74. The average molecular weight is 315 g/mol. The summed E-state index contributed by atoms with van der Waals surface area (Å²) in [5.41, 5.74) is 5.38. The molecule has 1 rings (SSSR count). The van der Waals surface area contributed by atoms with Crippen LogP contribution in [0.25, 0.3) is 0 Å². The van der Waals surface area contributed by atoms with Crippen molar-refractivity contribution in [3.05, 3.63) is 23.8 Å². The van der Waals surface area contributed by atoms with E-state index in [1.165, 1.54) is 12.1 Å². The van der Waals surface area contributed by atoms with Crippen LogP contribution in [0.4, 0.5) is 5.69 Å². The lowest BCUT2D eigenvalue weighted by Crippen LogP contribution is -2.27. The lowest BCUT2D eigenvalue weighted by molar-refractivity contribution is 0.0692. The van der Waals surface area contributed by atoms with Gasteiger partial charge in [-0.25, -0.2) is 17.9 Å². The smallest absolute Gasteiger partial charge is 0.337 e. The third-order valence-corrected chi connectivity index (χ3v) is 4.37. The van der Waals surface area contributed by atoms with Crippen molar-refractivity contribution in [2.75, 3.05) is 32.9 Å². The van der Waals surface area contributed by atoms with E-state index in [0.29, 0.717) is 6.42 Å². The van der Waals surface area contributed by atoms with Crippen molar-refractivity contribution in [2.45, 2.75) is 17.7 Å². The summed E-state index contributed by atoms with van der Waals surface area (Å²) in [5.74, 6) is -1.32. The van der Waals surface area contributed by atoms with E-state index in [-0.39, 0.29) is 22.7 Å². The van der Waals surface area contributed by atoms with Gasteiger partial charge in [-0.2, -0.15) is 0 Å². The second kappa shape index (κ2) is 7.39. The molecule has 21 heavy (non-hydrogen) atoms. The van der Waals surface area contributed by atoms with Gasteiger partial charge in [-0.15, -0.1) is 0 Å². The molecule has 0 radical (unpaired) electrons. The van der Waals surface area contributed by atoms with Crippen LogP contribution in [0.15, 0.2) is 23.1 Å². The molecule has 7 nitrogen and oxygen atoms in total. The summed E-state index contributed by atoms with van der Waals surface area (Å²) < 4.78 is 26.7. The van der Waals surface area contributed by atoms with Crippen molar-refractivity contribution in [2.24, 2.45) is 0 Å². The molecular formula is C13H21N3O4S. The van der Waals surface area contributed by atoms with E-state index >= 15 is 0 Å². The van der Waals surface area contributed by atoms with Gasteiger partial charge in [-0.3, -0.25) is 0 Å². The Balaban J connectivity index is 2.77. The van der Waals surface area contributed by atoms with Crippen LogP contribution in [0.3, 0.4) is 0 Å². The van der Waals surface area contributed by atoms with Gasteiger partial charge in [0.05, 0.1) is 10.5 Å². The Labute approximate surface area is 124 Å². The summed E-state index contributed by atoms with van der Waals surface area (Å²) in [6, 6.07) is 3.72. The number of unbranched alkanes of at least 4 members (excludes halogenated alkanes) is 1. The molecule has 0 spiro atoms. The zero-order valence-corrected chi connectivity index (χ0v) is 13.0. The Hall–Kier alpha value is -1.64. The molecule has 0 bridgehead atoms. The minimum absolute atomic E-state index is 0.206. The number of nitrogens with zero attached hydrogens (tertiary/aromatic N) is 1. The van der Waals surface area contributed by atoms with Crippen molar-refractivity contribution >= 4 is 21.7 Å². The second-order valence-electron chi connectivity index (χ2n) is 4.97. The molecule has 1 aromatic rings. The number of sulfonamides is 1. The highest BCUT2D eigenvalue weighted by molar-refractivity contribution is 7.89. The van der Waals surface area contributed by atoms with Crippen molar-refractivity contribution in [3.8, 4) is 0 Å². The molecule has 0 heterocycles.